The second-order valence-corrected chi connectivity index (χ2v) is 14.0. The van der Waals surface area contributed by atoms with Gasteiger partial charge in [0.05, 0.1) is 22.1 Å². The van der Waals surface area contributed by atoms with E-state index in [1.165, 1.54) is 21.9 Å². The molecule has 0 amide bonds. The van der Waals surface area contributed by atoms with Crippen LogP contribution in [0.25, 0.3) is 106 Å². The summed E-state index contributed by atoms with van der Waals surface area (Å²) in [6, 6.07) is 67.5. The van der Waals surface area contributed by atoms with Gasteiger partial charge in [0.2, 0.25) is 0 Å². The summed E-state index contributed by atoms with van der Waals surface area (Å²) in [7, 11) is 0. The van der Waals surface area contributed by atoms with Crippen LogP contribution in [0.1, 0.15) is 0 Å². The fourth-order valence-electron chi connectivity index (χ4n) is 7.97. The molecule has 0 unspecified atom stereocenters. The van der Waals surface area contributed by atoms with Crippen LogP contribution in [-0.2, 0) is 0 Å². The molecule has 0 N–H and O–H groups in total. The van der Waals surface area contributed by atoms with Crippen LogP contribution in [0.15, 0.2) is 199 Å². The largest absolute Gasteiger partial charge is 0.456 e. The van der Waals surface area contributed by atoms with Crippen molar-refractivity contribution < 1.29 is 4.42 Å². The summed E-state index contributed by atoms with van der Waals surface area (Å²) >= 11 is 0. The molecule has 0 radical (unpaired) electrons. The van der Waals surface area contributed by atoms with Crippen LogP contribution in [0.4, 0.5) is 0 Å². The first-order valence-electron chi connectivity index (χ1n) is 18.8. The van der Waals surface area contributed by atoms with Gasteiger partial charge < -0.3 is 8.98 Å². The summed E-state index contributed by atoms with van der Waals surface area (Å²) in [5, 5.41) is 4.62. The molecule has 0 spiro atoms. The van der Waals surface area contributed by atoms with E-state index in [0.29, 0.717) is 17.5 Å². The number of fused-ring (bicyclic) bond motifs is 6. The van der Waals surface area contributed by atoms with E-state index in [4.69, 9.17) is 19.4 Å². The molecule has 0 aliphatic heterocycles. The Kier molecular flexibility index (Phi) is 7.42. The van der Waals surface area contributed by atoms with Gasteiger partial charge in [-0.25, -0.2) is 15.0 Å². The number of nitrogens with zero attached hydrogens (tertiary/aromatic N) is 4. The van der Waals surface area contributed by atoms with E-state index in [-0.39, 0.29) is 0 Å². The summed E-state index contributed by atoms with van der Waals surface area (Å²) in [6.45, 7) is 0. The van der Waals surface area contributed by atoms with Gasteiger partial charge in [-0.1, -0.05) is 152 Å². The monoisotopic (exact) mass is 716 g/mol. The van der Waals surface area contributed by atoms with E-state index in [9.17, 15) is 0 Å². The number of hydrogen-bond donors (Lipinski definition) is 0. The van der Waals surface area contributed by atoms with Gasteiger partial charge >= 0.3 is 0 Å². The Hall–Kier alpha value is -7.63. The van der Waals surface area contributed by atoms with Gasteiger partial charge in [0.25, 0.3) is 0 Å². The van der Waals surface area contributed by atoms with Crippen LogP contribution in [0.2, 0.25) is 0 Å². The van der Waals surface area contributed by atoms with E-state index >= 15 is 0 Å². The first kappa shape index (κ1) is 31.9. The Bertz CT molecular complexity index is 3160. The van der Waals surface area contributed by atoms with Crippen LogP contribution in [-0.4, -0.2) is 19.5 Å². The fraction of sp³-hybridized carbons (Fsp3) is 0. The van der Waals surface area contributed by atoms with Gasteiger partial charge in [0.1, 0.15) is 11.2 Å². The number of benzene rings is 8. The van der Waals surface area contributed by atoms with Gasteiger partial charge in [-0.3, -0.25) is 0 Å². The lowest BCUT2D eigenvalue weighted by molar-refractivity contribution is 0.669. The van der Waals surface area contributed by atoms with Crippen LogP contribution >= 0.6 is 0 Å². The Morgan fingerprint density at radius 3 is 1.50 bits per heavy atom. The topological polar surface area (TPSA) is 56.7 Å². The van der Waals surface area contributed by atoms with E-state index in [1.807, 2.05) is 60.7 Å². The summed E-state index contributed by atoms with van der Waals surface area (Å²) in [4.78, 5) is 14.7. The molecule has 11 rings (SSSR count). The second-order valence-electron chi connectivity index (χ2n) is 14.0. The van der Waals surface area contributed by atoms with Crippen molar-refractivity contribution in [2.75, 3.05) is 0 Å². The lowest BCUT2D eigenvalue weighted by atomic mass is 10.0. The molecule has 5 heteroatoms. The highest BCUT2D eigenvalue weighted by atomic mass is 16.3. The van der Waals surface area contributed by atoms with Crippen molar-refractivity contribution in [1.82, 2.24) is 19.5 Å². The first-order valence-corrected chi connectivity index (χ1v) is 18.8. The summed E-state index contributed by atoms with van der Waals surface area (Å²) in [5.41, 5.74) is 12.5. The fourth-order valence-corrected chi connectivity index (χ4v) is 7.97. The lowest BCUT2D eigenvalue weighted by Gasteiger charge is -2.10. The number of hydrogen-bond acceptors (Lipinski definition) is 4. The highest BCUT2D eigenvalue weighted by Crippen LogP contribution is 2.41. The minimum atomic E-state index is 0.630. The third-order valence-electron chi connectivity index (χ3n) is 10.7. The molecule has 8 aromatic carbocycles. The molecule has 0 aliphatic rings. The van der Waals surface area contributed by atoms with Crippen LogP contribution in [0, 0.1) is 0 Å². The highest BCUT2D eigenvalue weighted by Gasteiger charge is 2.19. The van der Waals surface area contributed by atoms with E-state index in [2.05, 4.69) is 138 Å². The van der Waals surface area contributed by atoms with Crippen LogP contribution in [0.3, 0.4) is 0 Å². The number of furan rings is 1. The zero-order valence-corrected chi connectivity index (χ0v) is 30.2. The molecule has 0 atom stereocenters. The Balaban J connectivity index is 0.990. The molecule has 3 heterocycles. The normalized spacial score (nSPS) is 11.6. The predicted molar refractivity (Wildman–Crippen MR) is 229 cm³/mol. The van der Waals surface area contributed by atoms with Gasteiger partial charge in [0.15, 0.2) is 17.5 Å². The second kappa shape index (κ2) is 13.0. The van der Waals surface area contributed by atoms with E-state index in [1.54, 1.807) is 0 Å². The molecule has 0 aliphatic carbocycles. The zero-order valence-electron chi connectivity index (χ0n) is 30.2. The standard InChI is InChI=1S/C51H32N4O/c1-4-13-33(14-5-1)38-28-30-44-42(31-38)40-19-10-11-20-43(40)55(44)45-21-12-22-46-48(45)41-29-27-39(32-47(41)56-46)34-23-25-37(26-24-34)51-53-49(35-15-6-2-7-16-35)52-50(54-51)36-17-8-3-9-18-36/h1-32H. The molecule has 0 saturated carbocycles. The summed E-state index contributed by atoms with van der Waals surface area (Å²) < 4.78 is 9.00. The van der Waals surface area contributed by atoms with Crippen LogP contribution in [0.5, 0.6) is 0 Å². The van der Waals surface area contributed by atoms with Crippen molar-refractivity contribution in [2.24, 2.45) is 0 Å². The molecule has 262 valence electrons. The molecule has 11 aromatic rings. The minimum Gasteiger partial charge on any atom is -0.456 e. The molecular weight excluding hydrogens is 685 g/mol. The quantitative estimate of drug-likeness (QED) is 0.172. The predicted octanol–water partition coefficient (Wildman–Crippen LogP) is 13.2. The van der Waals surface area contributed by atoms with Crippen molar-refractivity contribution >= 4 is 43.7 Å². The van der Waals surface area contributed by atoms with Gasteiger partial charge in [-0.05, 0) is 64.7 Å². The summed E-state index contributed by atoms with van der Waals surface area (Å²) in [6.07, 6.45) is 0. The molecule has 56 heavy (non-hydrogen) atoms. The average molecular weight is 717 g/mol. The molecule has 0 bridgehead atoms. The van der Waals surface area contributed by atoms with E-state index < -0.39 is 0 Å². The Labute approximate surface area is 322 Å². The third kappa shape index (κ3) is 5.37. The lowest BCUT2D eigenvalue weighted by Crippen LogP contribution is -2.00. The zero-order chi connectivity index (χ0) is 37.0. The summed E-state index contributed by atoms with van der Waals surface area (Å²) in [5.74, 6) is 1.92. The van der Waals surface area contributed by atoms with Crippen molar-refractivity contribution in [1.29, 1.82) is 0 Å². The van der Waals surface area contributed by atoms with Crippen molar-refractivity contribution in [2.45, 2.75) is 0 Å². The van der Waals surface area contributed by atoms with Gasteiger partial charge in [-0.2, -0.15) is 0 Å². The average Bonchev–Trinajstić information content (AvgIpc) is 3.82. The van der Waals surface area contributed by atoms with Gasteiger partial charge in [-0.15, -0.1) is 0 Å². The maximum absolute atomic E-state index is 6.62. The molecular formula is C51H32N4O. The molecule has 3 aromatic heterocycles. The maximum atomic E-state index is 6.62. The minimum absolute atomic E-state index is 0.630. The first-order chi connectivity index (χ1) is 27.7. The van der Waals surface area contributed by atoms with Crippen molar-refractivity contribution in [3.05, 3.63) is 194 Å². The third-order valence-corrected chi connectivity index (χ3v) is 10.7. The number of rotatable bonds is 6. The molecule has 0 saturated heterocycles. The molecule has 5 nitrogen and oxygen atoms in total. The smallest absolute Gasteiger partial charge is 0.164 e. The Morgan fingerprint density at radius 1 is 0.321 bits per heavy atom. The van der Waals surface area contributed by atoms with Gasteiger partial charge in [0, 0.05) is 32.8 Å². The van der Waals surface area contributed by atoms with E-state index in [0.717, 1.165) is 66.5 Å². The molecule has 0 fully saturated rings. The maximum Gasteiger partial charge on any atom is 0.164 e. The number of para-hydroxylation sites is 1. The highest BCUT2D eigenvalue weighted by molar-refractivity contribution is 6.15. The van der Waals surface area contributed by atoms with Crippen molar-refractivity contribution in [3.63, 3.8) is 0 Å². The van der Waals surface area contributed by atoms with Crippen LogP contribution < -0.4 is 0 Å². The Morgan fingerprint density at radius 2 is 0.821 bits per heavy atom. The SMILES string of the molecule is c1ccc(-c2ccc3c(c2)c2ccccc2n3-c2cccc3oc4cc(-c5ccc(-c6nc(-c7ccccc7)nc(-c7ccccc7)n6)cc5)ccc4c23)cc1. The number of aromatic nitrogens is 4. The van der Waals surface area contributed by atoms with Crippen molar-refractivity contribution in [3.8, 4) is 62.1 Å².